The lowest BCUT2D eigenvalue weighted by molar-refractivity contribution is 0.245. The Labute approximate surface area is 191 Å². The fraction of sp³-hybridized carbons (Fsp3) is 0.625. The molecule has 8 nitrogen and oxygen atoms in total. The van der Waals surface area contributed by atoms with Crippen molar-refractivity contribution in [3.05, 3.63) is 29.3 Å². The minimum atomic E-state index is 0.844. The maximum absolute atomic E-state index is 5.58. The highest BCUT2D eigenvalue weighted by Crippen LogP contribution is 2.26. The van der Waals surface area contributed by atoms with Crippen LogP contribution >= 0.6 is 0 Å². The lowest BCUT2D eigenvalue weighted by Crippen LogP contribution is -2.46. The van der Waals surface area contributed by atoms with E-state index in [4.69, 9.17) is 19.7 Å². The van der Waals surface area contributed by atoms with E-state index < -0.39 is 0 Å². The topological polar surface area (TPSA) is 60.9 Å². The van der Waals surface area contributed by atoms with Crippen LogP contribution in [0.2, 0.25) is 0 Å². The van der Waals surface area contributed by atoms with Gasteiger partial charge in [0.25, 0.3) is 0 Å². The average Bonchev–Trinajstić information content (AvgIpc) is 3.54. The number of hydrogen-bond acceptors (Lipinski definition) is 8. The maximum Gasteiger partial charge on any atom is 0.232 e. The fourth-order valence-electron chi connectivity index (χ4n) is 4.98. The third-order valence-electron chi connectivity index (χ3n) is 6.86. The molecule has 0 radical (unpaired) electrons. The summed E-state index contributed by atoms with van der Waals surface area (Å²) in [5.74, 6) is 3.54. The molecule has 0 saturated carbocycles. The predicted molar refractivity (Wildman–Crippen MR) is 128 cm³/mol. The normalized spacial score (nSPS) is 19.8. The number of aromatic nitrogens is 3. The Bertz CT molecular complexity index is 882. The average molecular weight is 438 g/mol. The van der Waals surface area contributed by atoms with Crippen molar-refractivity contribution in [3.63, 3.8) is 0 Å². The Morgan fingerprint density at radius 2 is 1.22 bits per heavy atom. The van der Waals surface area contributed by atoms with Crippen molar-refractivity contribution >= 4 is 17.8 Å². The van der Waals surface area contributed by atoms with E-state index in [0.717, 1.165) is 82.5 Å². The zero-order chi connectivity index (χ0) is 21.9. The molecule has 0 amide bonds. The Hall–Kier alpha value is -2.61. The van der Waals surface area contributed by atoms with Crippen LogP contribution in [-0.4, -0.2) is 79.3 Å². The van der Waals surface area contributed by atoms with E-state index in [2.05, 4.69) is 44.7 Å². The standard InChI is InChI=1S/C24H35N7O/c1-19-7-8-21(32-2)20(17-19)18-28-13-15-31(16-14-28)24-26-22(29-9-3-4-10-29)25-23(27-24)30-11-5-6-12-30/h7-8,17H,3-6,9-16,18H2,1-2H3. The molecule has 0 N–H and O–H groups in total. The molecular formula is C24H35N7O. The van der Waals surface area contributed by atoms with Crippen molar-refractivity contribution in [1.29, 1.82) is 0 Å². The van der Waals surface area contributed by atoms with E-state index in [9.17, 15) is 0 Å². The number of hydrogen-bond donors (Lipinski definition) is 0. The molecule has 172 valence electrons. The molecule has 3 fully saturated rings. The van der Waals surface area contributed by atoms with E-state index >= 15 is 0 Å². The summed E-state index contributed by atoms with van der Waals surface area (Å²) >= 11 is 0. The van der Waals surface area contributed by atoms with Crippen molar-refractivity contribution in [1.82, 2.24) is 19.9 Å². The van der Waals surface area contributed by atoms with Gasteiger partial charge >= 0.3 is 0 Å². The molecule has 3 aliphatic rings. The first kappa shape index (κ1) is 21.2. The van der Waals surface area contributed by atoms with Gasteiger partial charge in [-0.15, -0.1) is 0 Å². The first-order valence-electron chi connectivity index (χ1n) is 12.1. The predicted octanol–water partition coefficient (Wildman–Crippen LogP) is 2.71. The third-order valence-corrected chi connectivity index (χ3v) is 6.86. The van der Waals surface area contributed by atoms with Crippen LogP contribution in [-0.2, 0) is 6.54 Å². The van der Waals surface area contributed by atoms with Crippen molar-refractivity contribution < 1.29 is 4.74 Å². The summed E-state index contributed by atoms with van der Waals surface area (Å²) in [6.45, 7) is 11.1. The minimum Gasteiger partial charge on any atom is -0.496 e. The zero-order valence-electron chi connectivity index (χ0n) is 19.5. The summed E-state index contributed by atoms with van der Waals surface area (Å²) < 4.78 is 5.58. The van der Waals surface area contributed by atoms with Crippen LogP contribution in [0.15, 0.2) is 18.2 Å². The van der Waals surface area contributed by atoms with Gasteiger partial charge in [0.1, 0.15) is 5.75 Å². The summed E-state index contributed by atoms with van der Waals surface area (Å²) in [5.41, 5.74) is 2.53. The minimum absolute atomic E-state index is 0.844. The molecule has 0 aliphatic carbocycles. The Morgan fingerprint density at radius 1 is 0.719 bits per heavy atom. The molecule has 0 bridgehead atoms. The van der Waals surface area contributed by atoms with Gasteiger partial charge in [0.2, 0.25) is 17.8 Å². The first-order valence-corrected chi connectivity index (χ1v) is 12.1. The molecule has 2 aromatic rings. The molecule has 32 heavy (non-hydrogen) atoms. The van der Waals surface area contributed by atoms with Gasteiger partial charge in [-0.25, -0.2) is 0 Å². The van der Waals surface area contributed by atoms with E-state index in [1.807, 2.05) is 0 Å². The number of aryl methyl sites for hydroxylation is 1. The third kappa shape index (κ3) is 4.60. The van der Waals surface area contributed by atoms with Gasteiger partial charge in [0, 0.05) is 64.5 Å². The van der Waals surface area contributed by atoms with Gasteiger partial charge in [0.15, 0.2) is 0 Å². The molecule has 1 aromatic carbocycles. The molecule has 3 saturated heterocycles. The number of nitrogens with zero attached hydrogens (tertiary/aromatic N) is 7. The fourth-order valence-corrected chi connectivity index (χ4v) is 4.98. The molecule has 1 aromatic heterocycles. The number of anilines is 3. The lowest BCUT2D eigenvalue weighted by Gasteiger charge is -2.35. The van der Waals surface area contributed by atoms with Crippen LogP contribution in [0.25, 0.3) is 0 Å². The molecule has 5 rings (SSSR count). The van der Waals surface area contributed by atoms with Crippen LogP contribution in [0.1, 0.15) is 36.8 Å². The van der Waals surface area contributed by atoms with Crippen LogP contribution in [0.5, 0.6) is 5.75 Å². The lowest BCUT2D eigenvalue weighted by atomic mass is 10.1. The van der Waals surface area contributed by atoms with E-state index in [-0.39, 0.29) is 0 Å². The SMILES string of the molecule is COc1ccc(C)cc1CN1CCN(c2nc(N3CCCC3)nc(N3CCCC3)n2)CC1. The summed E-state index contributed by atoms with van der Waals surface area (Å²) in [6.07, 6.45) is 4.89. The van der Waals surface area contributed by atoms with Gasteiger partial charge in [-0.1, -0.05) is 17.7 Å². The summed E-state index contributed by atoms with van der Waals surface area (Å²) in [7, 11) is 1.75. The Kier molecular flexibility index (Phi) is 6.30. The Balaban J connectivity index is 1.30. The van der Waals surface area contributed by atoms with Crippen molar-refractivity contribution in [2.45, 2.75) is 39.2 Å². The van der Waals surface area contributed by atoms with E-state index in [0.29, 0.717) is 0 Å². The van der Waals surface area contributed by atoms with Crippen LogP contribution in [0, 0.1) is 6.92 Å². The molecule has 0 unspecified atom stereocenters. The highest BCUT2D eigenvalue weighted by Gasteiger charge is 2.25. The highest BCUT2D eigenvalue weighted by molar-refractivity contribution is 5.47. The molecule has 8 heteroatoms. The second kappa shape index (κ2) is 9.48. The molecule has 4 heterocycles. The Morgan fingerprint density at radius 3 is 1.72 bits per heavy atom. The summed E-state index contributed by atoms with van der Waals surface area (Å²) in [5, 5.41) is 0. The number of rotatable bonds is 6. The first-order chi connectivity index (χ1) is 15.7. The number of piperazine rings is 1. The zero-order valence-corrected chi connectivity index (χ0v) is 19.5. The smallest absolute Gasteiger partial charge is 0.232 e. The molecule has 3 aliphatic heterocycles. The van der Waals surface area contributed by atoms with Crippen LogP contribution in [0.3, 0.4) is 0 Å². The van der Waals surface area contributed by atoms with Crippen molar-refractivity contribution in [2.24, 2.45) is 0 Å². The largest absolute Gasteiger partial charge is 0.496 e. The summed E-state index contributed by atoms with van der Waals surface area (Å²) in [4.78, 5) is 24.2. The van der Waals surface area contributed by atoms with Gasteiger partial charge in [0.05, 0.1) is 7.11 Å². The second-order valence-electron chi connectivity index (χ2n) is 9.20. The summed E-state index contributed by atoms with van der Waals surface area (Å²) in [6, 6.07) is 6.42. The van der Waals surface area contributed by atoms with E-state index in [1.165, 1.54) is 36.8 Å². The number of methoxy groups -OCH3 is 1. The maximum atomic E-state index is 5.58. The second-order valence-corrected chi connectivity index (χ2v) is 9.20. The van der Waals surface area contributed by atoms with Crippen LogP contribution in [0.4, 0.5) is 17.8 Å². The van der Waals surface area contributed by atoms with Gasteiger partial charge < -0.3 is 19.4 Å². The highest BCUT2D eigenvalue weighted by atomic mass is 16.5. The van der Waals surface area contributed by atoms with Gasteiger partial charge in [-0.05, 0) is 38.7 Å². The quantitative estimate of drug-likeness (QED) is 0.684. The monoisotopic (exact) mass is 437 g/mol. The van der Waals surface area contributed by atoms with E-state index in [1.54, 1.807) is 7.11 Å². The molecule has 0 atom stereocenters. The molecule has 0 spiro atoms. The molecular weight excluding hydrogens is 402 g/mol. The van der Waals surface area contributed by atoms with Crippen molar-refractivity contribution in [2.75, 3.05) is 74.2 Å². The van der Waals surface area contributed by atoms with Crippen LogP contribution < -0.4 is 19.4 Å². The number of benzene rings is 1. The number of ether oxygens (including phenoxy) is 1. The van der Waals surface area contributed by atoms with Gasteiger partial charge in [-0.2, -0.15) is 15.0 Å². The van der Waals surface area contributed by atoms with Gasteiger partial charge in [-0.3, -0.25) is 4.90 Å². The van der Waals surface area contributed by atoms with Crippen molar-refractivity contribution in [3.8, 4) is 5.75 Å².